The van der Waals surface area contributed by atoms with E-state index in [0.717, 1.165) is 36.2 Å². The van der Waals surface area contributed by atoms with Gasteiger partial charge in [0.05, 0.1) is 19.1 Å². The Bertz CT molecular complexity index is 623. The van der Waals surface area contributed by atoms with E-state index in [1.54, 1.807) is 0 Å². The number of aromatic amines is 1. The highest BCUT2D eigenvalue weighted by Gasteiger charge is 2.18. The first-order valence-electron chi connectivity index (χ1n) is 7.34. The van der Waals surface area contributed by atoms with Gasteiger partial charge in [-0.25, -0.2) is 0 Å². The van der Waals surface area contributed by atoms with Crippen molar-refractivity contribution in [3.05, 3.63) is 36.0 Å². The first-order valence-corrected chi connectivity index (χ1v) is 7.34. The summed E-state index contributed by atoms with van der Waals surface area (Å²) in [6.45, 7) is 3.14. The highest BCUT2D eigenvalue weighted by molar-refractivity contribution is 5.88. The molecule has 2 N–H and O–H groups in total. The second kappa shape index (κ2) is 6.28. The van der Waals surface area contributed by atoms with Crippen LogP contribution in [0.5, 0.6) is 0 Å². The summed E-state index contributed by atoms with van der Waals surface area (Å²) in [6.07, 6.45) is 2.40. The number of nitrogens with zero attached hydrogens (tertiary/aromatic N) is 1. The van der Waals surface area contributed by atoms with Crippen molar-refractivity contribution in [3.8, 4) is 0 Å². The van der Waals surface area contributed by atoms with E-state index in [0.29, 0.717) is 13.0 Å². The molecule has 1 amide bonds. The fraction of sp³-hybridized carbons (Fsp3) is 0.438. The number of carbonyl (C=O) groups is 1. The topological polar surface area (TPSA) is 57.4 Å². The number of amides is 1. The quantitative estimate of drug-likeness (QED) is 0.887. The molecule has 1 aromatic carbocycles. The molecule has 1 saturated heterocycles. The second-order valence-electron chi connectivity index (χ2n) is 5.60. The Balaban J connectivity index is 1.54. The van der Waals surface area contributed by atoms with E-state index in [1.165, 1.54) is 0 Å². The maximum absolute atomic E-state index is 12.1. The monoisotopic (exact) mass is 287 g/mol. The minimum Gasteiger partial charge on any atom is -0.374 e. The van der Waals surface area contributed by atoms with Crippen molar-refractivity contribution in [2.45, 2.75) is 12.5 Å². The van der Waals surface area contributed by atoms with Crippen LogP contribution in [0.25, 0.3) is 10.9 Å². The summed E-state index contributed by atoms with van der Waals surface area (Å²) in [5.74, 6) is 0.0385. The largest absolute Gasteiger partial charge is 0.374 e. The number of aromatic nitrogens is 1. The Morgan fingerprint density at radius 2 is 2.33 bits per heavy atom. The maximum Gasteiger partial charge on any atom is 0.224 e. The molecule has 2 aromatic rings. The molecule has 1 fully saturated rings. The molecule has 0 saturated carbocycles. The van der Waals surface area contributed by atoms with Crippen LogP contribution < -0.4 is 5.32 Å². The number of rotatable bonds is 4. The van der Waals surface area contributed by atoms with E-state index in [9.17, 15) is 4.79 Å². The van der Waals surface area contributed by atoms with Crippen LogP contribution in [0.1, 0.15) is 5.56 Å². The lowest BCUT2D eigenvalue weighted by molar-refractivity contribution is -0.121. The number of nitrogens with one attached hydrogen (secondary N) is 2. The van der Waals surface area contributed by atoms with E-state index >= 15 is 0 Å². The smallest absolute Gasteiger partial charge is 0.224 e. The standard InChI is InChI=1S/C16H21N3O2/c1-19-6-7-21-13(11-19)10-18-16(20)8-12-9-17-15-5-3-2-4-14(12)15/h2-5,9,13,17H,6-8,10-11H2,1H3,(H,18,20)/t13-/m0/s1. The van der Waals surface area contributed by atoms with Crippen molar-refractivity contribution in [1.29, 1.82) is 0 Å². The Morgan fingerprint density at radius 3 is 3.19 bits per heavy atom. The van der Waals surface area contributed by atoms with Gasteiger partial charge >= 0.3 is 0 Å². The van der Waals surface area contributed by atoms with E-state index in [4.69, 9.17) is 4.74 Å². The summed E-state index contributed by atoms with van der Waals surface area (Å²) in [6, 6.07) is 8.03. The zero-order valence-corrected chi connectivity index (χ0v) is 12.3. The van der Waals surface area contributed by atoms with Crippen LogP contribution >= 0.6 is 0 Å². The number of H-pyrrole nitrogens is 1. The highest BCUT2D eigenvalue weighted by Crippen LogP contribution is 2.17. The molecule has 5 heteroatoms. The van der Waals surface area contributed by atoms with Crippen LogP contribution in [0.15, 0.2) is 30.5 Å². The Labute approximate surface area is 124 Å². The van der Waals surface area contributed by atoms with E-state index in [2.05, 4.69) is 22.2 Å². The van der Waals surface area contributed by atoms with Gasteiger partial charge in [-0.15, -0.1) is 0 Å². The van der Waals surface area contributed by atoms with Crippen molar-refractivity contribution in [1.82, 2.24) is 15.2 Å². The van der Waals surface area contributed by atoms with Crippen molar-refractivity contribution in [2.24, 2.45) is 0 Å². The number of para-hydroxylation sites is 1. The van der Waals surface area contributed by atoms with Gasteiger partial charge in [-0.2, -0.15) is 0 Å². The molecule has 0 radical (unpaired) electrons. The van der Waals surface area contributed by atoms with Crippen LogP contribution in [0, 0.1) is 0 Å². The van der Waals surface area contributed by atoms with Gasteiger partial charge in [-0.05, 0) is 18.7 Å². The summed E-state index contributed by atoms with van der Waals surface area (Å²) in [5, 5.41) is 4.08. The van der Waals surface area contributed by atoms with Gasteiger partial charge in [0.1, 0.15) is 0 Å². The lowest BCUT2D eigenvalue weighted by Gasteiger charge is -2.30. The summed E-state index contributed by atoms with van der Waals surface area (Å²) in [4.78, 5) is 17.5. The van der Waals surface area contributed by atoms with Crippen LogP contribution in [0.2, 0.25) is 0 Å². The van der Waals surface area contributed by atoms with Crippen LogP contribution in [-0.2, 0) is 16.0 Å². The molecular weight excluding hydrogens is 266 g/mol. The third-order valence-electron chi connectivity index (χ3n) is 3.89. The lowest BCUT2D eigenvalue weighted by Crippen LogP contribution is -2.46. The van der Waals surface area contributed by atoms with Gasteiger partial charge in [0, 0.05) is 36.7 Å². The summed E-state index contributed by atoms with van der Waals surface area (Å²) in [7, 11) is 2.07. The number of carbonyl (C=O) groups excluding carboxylic acids is 1. The third-order valence-corrected chi connectivity index (χ3v) is 3.89. The van der Waals surface area contributed by atoms with E-state index in [1.807, 2.05) is 30.5 Å². The van der Waals surface area contributed by atoms with E-state index < -0.39 is 0 Å². The van der Waals surface area contributed by atoms with Gasteiger partial charge < -0.3 is 19.9 Å². The molecule has 0 aliphatic carbocycles. The van der Waals surface area contributed by atoms with Gasteiger partial charge in [-0.1, -0.05) is 18.2 Å². The van der Waals surface area contributed by atoms with Crippen molar-refractivity contribution < 1.29 is 9.53 Å². The average Bonchev–Trinajstić information content (AvgIpc) is 2.89. The summed E-state index contributed by atoms with van der Waals surface area (Å²) in [5.41, 5.74) is 2.10. The van der Waals surface area contributed by atoms with Crippen LogP contribution in [0.4, 0.5) is 0 Å². The molecule has 0 spiro atoms. The number of hydrogen-bond acceptors (Lipinski definition) is 3. The SMILES string of the molecule is CN1CCO[C@@H](CNC(=O)Cc2c[nH]c3ccccc23)C1. The van der Waals surface area contributed by atoms with Gasteiger partial charge in [0.2, 0.25) is 5.91 Å². The predicted molar refractivity (Wildman–Crippen MR) is 82.2 cm³/mol. The molecule has 112 valence electrons. The van der Waals surface area contributed by atoms with Gasteiger partial charge in [-0.3, -0.25) is 4.79 Å². The minimum absolute atomic E-state index is 0.0385. The first-order chi connectivity index (χ1) is 10.2. The fourth-order valence-corrected chi connectivity index (χ4v) is 2.73. The van der Waals surface area contributed by atoms with Crippen molar-refractivity contribution in [3.63, 3.8) is 0 Å². The Morgan fingerprint density at radius 1 is 1.48 bits per heavy atom. The van der Waals surface area contributed by atoms with Crippen LogP contribution in [-0.4, -0.2) is 55.2 Å². The first kappa shape index (κ1) is 14.1. The average molecular weight is 287 g/mol. The Kier molecular flexibility index (Phi) is 4.22. The summed E-state index contributed by atoms with van der Waals surface area (Å²) < 4.78 is 5.64. The van der Waals surface area contributed by atoms with Gasteiger partial charge in [0.15, 0.2) is 0 Å². The molecule has 5 nitrogen and oxygen atoms in total. The minimum atomic E-state index is 0.0385. The number of benzene rings is 1. The number of morpholine rings is 1. The molecule has 21 heavy (non-hydrogen) atoms. The third kappa shape index (κ3) is 3.43. The zero-order valence-electron chi connectivity index (χ0n) is 12.3. The molecule has 0 bridgehead atoms. The van der Waals surface area contributed by atoms with Crippen LogP contribution in [0.3, 0.4) is 0 Å². The normalized spacial score (nSPS) is 19.8. The molecular formula is C16H21N3O2. The molecule has 1 atom stereocenters. The lowest BCUT2D eigenvalue weighted by atomic mass is 10.1. The predicted octanol–water partition coefficient (Wildman–Crippen LogP) is 1.16. The maximum atomic E-state index is 12.1. The number of hydrogen-bond donors (Lipinski definition) is 2. The molecule has 3 rings (SSSR count). The highest BCUT2D eigenvalue weighted by atomic mass is 16.5. The van der Waals surface area contributed by atoms with Gasteiger partial charge in [0.25, 0.3) is 0 Å². The summed E-state index contributed by atoms with van der Waals surface area (Å²) >= 11 is 0. The molecule has 2 heterocycles. The fourth-order valence-electron chi connectivity index (χ4n) is 2.73. The van der Waals surface area contributed by atoms with Crippen molar-refractivity contribution in [2.75, 3.05) is 33.3 Å². The van der Waals surface area contributed by atoms with Crippen molar-refractivity contribution >= 4 is 16.8 Å². The molecule has 1 aromatic heterocycles. The zero-order chi connectivity index (χ0) is 14.7. The molecule has 1 aliphatic heterocycles. The number of ether oxygens (including phenoxy) is 1. The second-order valence-corrected chi connectivity index (χ2v) is 5.60. The molecule has 0 unspecified atom stereocenters. The number of fused-ring (bicyclic) bond motifs is 1. The molecule has 1 aliphatic rings. The van der Waals surface area contributed by atoms with E-state index in [-0.39, 0.29) is 12.0 Å². The Hall–Kier alpha value is -1.85. The number of likely N-dealkylation sites (N-methyl/N-ethyl adjacent to an activating group) is 1.